The first-order valence-corrected chi connectivity index (χ1v) is 5.72. The third-order valence-electron chi connectivity index (χ3n) is 1.43. The summed E-state index contributed by atoms with van der Waals surface area (Å²) in [5.74, 6) is -0.927. The molecule has 0 bridgehead atoms. The number of hydrogen-bond donors (Lipinski definition) is 2. The summed E-state index contributed by atoms with van der Waals surface area (Å²) >= 11 is 0. The minimum absolute atomic E-state index is 0.0461. The molecule has 0 saturated carbocycles. The molecule has 0 fully saturated rings. The van der Waals surface area contributed by atoms with Gasteiger partial charge in [-0.3, -0.25) is 4.79 Å². The molecule has 2 N–H and O–H groups in total. The Morgan fingerprint density at radius 1 is 1.46 bits per heavy atom. The zero-order valence-corrected chi connectivity index (χ0v) is 8.81. The van der Waals surface area contributed by atoms with Gasteiger partial charge in [-0.05, 0) is 20.3 Å². The first kappa shape index (κ1) is 12.4. The van der Waals surface area contributed by atoms with Gasteiger partial charge in [0.25, 0.3) is 0 Å². The van der Waals surface area contributed by atoms with E-state index in [2.05, 4.69) is 4.72 Å². The lowest BCUT2D eigenvalue weighted by molar-refractivity contribution is -0.137. The van der Waals surface area contributed by atoms with Crippen LogP contribution in [0.2, 0.25) is 0 Å². The fourth-order valence-electron chi connectivity index (χ4n) is 0.972. The lowest BCUT2D eigenvalue weighted by Crippen LogP contribution is -2.43. The van der Waals surface area contributed by atoms with Crippen molar-refractivity contribution in [3.05, 3.63) is 0 Å². The van der Waals surface area contributed by atoms with E-state index in [4.69, 9.17) is 5.11 Å². The monoisotopic (exact) mass is 209 g/mol. The van der Waals surface area contributed by atoms with Gasteiger partial charge in [0.2, 0.25) is 10.0 Å². The molecular formula is C7H15NO4S. The lowest BCUT2D eigenvalue weighted by atomic mass is 10.0. The standard InChI is InChI=1S/C7H15NO4S/c1-7(2,5-4-6(9)10)8-13(3,11)12/h8H,4-5H2,1-3H3,(H,9,10). The van der Waals surface area contributed by atoms with E-state index in [1.54, 1.807) is 13.8 Å². The number of carboxylic acid groups (broad SMARTS) is 1. The first-order chi connectivity index (χ1) is 5.62. The average molecular weight is 209 g/mol. The third-order valence-corrected chi connectivity index (χ3v) is 2.35. The second-order valence-corrected chi connectivity index (χ2v) is 5.40. The molecule has 0 aromatic carbocycles. The fraction of sp³-hybridized carbons (Fsp3) is 0.857. The van der Waals surface area contributed by atoms with Crippen LogP contribution in [0.25, 0.3) is 0 Å². The number of rotatable bonds is 5. The van der Waals surface area contributed by atoms with Gasteiger partial charge in [0, 0.05) is 12.0 Å². The van der Waals surface area contributed by atoms with Gasteiger partial charge in [0.05, 0.1) is 6.26 Å². The Labute approximate surface area is 78.2 Å². The third kappa shape index (κ3) is 7.73. The normalized spacial score (nSPS) is 12.8. The summed E-state index contributed by atoms with van der Waals surface area (Å²) in [7, 11) is -3.27. The molecule has 6 heteroatoms. The molecule has 0 saturated heterocycles. The van der Waals surface area contributed by atoms with Crippen molar-refractivity contribution in [1.82, 2.24) is 4.72 Å². The largest absolute Gasteiger partial charge is 0.481 e. The molecule has 0 aliphatic carbocycles. The van der Waals surface area contributed by atoms with E-state index in [0.29, 0.717) is 0 Å². The van der Waals surface area contributed by atoms with Crippen LogP contribution in [0.3, 0.4) is 0 Å². The van der Waals surface area contributed by atoms with Gasteiger partial charge >= 0.3 is 5.97 Å². The van der Waals surface area contributed by atoms with Gasteiger partial charge in [0.15, 0.2) is 0 Å². The van der Waals surface area contributed by atoms with Crippen molar-refractivity contribution in [2.75, 3.05) is 6.26 Å². The minimum atomic E-state index is -3.27. The average Bonchev–Trinajstić information content (AvgIpc) is 1.78. The van der Waals surface area contributed by atoms with Crippen LogP contribution in [-0.2, 0) is 14.8 Å². The van der Waals surface area contributed by atoms with Gasteiger partial charge < -0.3 is 5.11 Å². The van der Waals surface area contributed by atoms with Crippen LogP contribution in [0.1, 0.15) is 26.7 Å². The predicted octanol–water partition coefficient (Wildman–Crippen LogP) is 0.179. The van der Waals surface area contributed by atoms with Crippen molar-refractivity contribution in [1.29, 1.82) is 0 Å². The Hall–Kier alpha value is -0.620. The van der Waals surface area contributed by atoms with Gasteiger partial charge in [-0.15, -0.1) is 0 Å². The van der Waals surface area contributed by atoms with Gasteiger partial charge in [-0.2, -0.15) is 0 Å². The summed E-state index contributed by atoms with van der Waals surface area (Å²) < 4.78 is 24.0. The van der Waals surface area contributed by atoms with Gasteiger partial charge in [-0.1, -0.05) is 0 Å². The summed E-state index contributed by atoms with van der Waals surface area (Å²) in [5, 5.41) is 8.40. The van der Waals surface area contributed by atoms with Gasteiger partial charge in [-0.25, -0.2) is 13.1 Å². The lowest BCUT2D eigenvalue weighted by Gasteiger charge is -2.23. The van der Waals surface area contributed by atoms with Crippen molar-refractivity contribution in [3.63, 3.8) is 0 Å². The number of sulfonamides is 1. The van der Waals surface area contributed by atoms with Crippen molar-refractivity contribution in [2.45, 2.75) is 32.2 Å². The van der Waals surface area contributed by atoms with Crippen LogP contribution in [0.15, 0.2) is 0 Å². The highest BCUT2D eigenvalue weighted by Gasteiger charge is 2.22. The van der Waals surface area contributed by atoms with Crippen molar-refractivity contribution in [3.8, 4) is 0 Å². The maximum atomic E-state index is 10.8. The van der Waals surface area contributed by atoms with E-state index in [0.717, 1.165) is 6.26 Å². The Morgan fingerprint density at radius 3 is 2.23 bits per heavy atom. The first-order valence-electron chi connectivity index (χ1n) is 3.83. The summed E-state index contributed by atoms with van der Waals surface area (Å²) in [6.45, 7) is 3.30. The SMILES string of the molecule is CC(C)(CCC(=O)O)NS(C)(=O)=O. The van der Waals surface area contributed by atoms with Crippen LogP contribution in [-0.4, -0.2) is 31.3 Å². The topological polar surface area (TPSA) is 83.5 Å². The fourth-order valence-corrected chi connectivity index (χ4v) is 2.08. The zero-order valence-electron chi connectivity index (χ0n) is 7.99. The van der Waals surface area contributed by atoms with Gasteiger partial charge in [0.1, 0.15) is 0 Å². The quantitative estimate of drug-likeness (QED) is 0.676. The number of carbonyl (C=O) groups is 1. The minimum Gasteiger partial charge on any atom is -0.481 e. The number of hydrogen-bond acceptors (Lipinski definition) is 3. The predicted molar refractivity (Wildman–Crippen MR) is 48.9 cm³/mol. The Morgan fingerprint density at radius 2 is 1.92 bits per heavy atom. The highest BCUT2D eigenvalue weighted by molar-refractivity contribution is 7.88. The summed E-state index contributed by atoms with van der Waals surface area (Å²) in [4.78, 5) is 10.2. The number of nitrogens with one attached hydrogen (secondary N) is 1. The molecular weight excluding hydrogens is 194 g/mol. The molecule has 0 radical (unpaired) electrons. The Balaban J connectivity index is 4.17. The Bertz CT molecular complexity index is 281. The molecule has 0 spiro atoms. The van der Waals surface area contributed by atoms with E-state index in [9.17, 15) is 13.2 Å². The van der Waals surface area contributed by atoms with Crippen LogP contribution in [0.4, 0.5) is 0 Å². The van der Waals surface area contributed by atoms with E-state index >= 15 is 0 Å². The molecule has 0 aromatic heterocycles. The molecule has 5 nitrogen and oxygen atoms in total. The van der Waals surface area contributed by atoms with E-state index in [1.807, 2.05) is 0 Å². The van der Waals surface area contributed by atoms with Crippen LogP contribution >= 0.6 is 0 Å². The van der Waals surface area contributed by atoms with E-state index in [-0.39, 0.29) is 12.8 Å². The van der Waals surface area contributed by atoms with Crippen LogP contribution in [0.5, 0.6) is 0 Å². The molecule has 13 heavy (non-hydrogen) atoms. The van der Waals surface area contributed by atoms with Crippen molar-refractivity contribution in [2.24, 2.45) is 0 Å². The molecule has 78 valence electrons. The highest BCUT2D eigenvalue weighted by atomic mass is 32.2. The molecule has 0 unspecified atom stereocenters. The highest BCUT2D eigenvalue weighted by Crippen LogP contribution is 2.11. The smallest absolute Gasteiger partial charge is 0.303 e. The second kappa shape index (κ2) is 4.06. The summed E-state index contributed by atoms with van der Waals surface area (Å²) in [6, 6.07) is 0. The second-order valence-electron chi connectivity index (χ2n) is 3.65. The summed E-state index contributed by atoms with van der Waals surface area (Å²) in [6.07, 6.45) is 1.28. The van der Waals surface area contributed by atoms with E-state index in [1.165, 1.54) is 0 Å². The maximum absolute atomic E-state index is 10.8. The van der Waals surface area contributed by atoms with Crippen molar-refractivity contribution < 1.29 is 18.3 Å². The molecule has 0 heterocycles. The van der Waals surface area contributed by atoms with Crippen molar-refractivity contribution >= 4 is 16.0 Å². The van der Waals surface area contributed by atoms with E-state index < -0.39 is 21.5 Å². The number of carboxylic acids is 1. The van der Waals surface area contributed by atoms with Crippen LogP contribution in [0, 0.1) is 0 Å². The molecule has 0 aliphatic heterocycles. The van der Waals surface area contributed by atoms with Crippen LogP contribution < -0.4 is 4.72 Å². The molecule has 0 aromatic rings. The molecule has 0 amide bonds. The molecule has 0 aliphatic rings. The maximum Gasteiger partial charge on any atom is 0.303 e. The zero-order chi connectivity index (χ0) is 10.7. The molecule has 0 rings (SSSR count). The molecule has 0 atom stereocenters. The Kier molecular flexibility index (Phi) is 3.87. The summed E-state index contributed by atoms with van der Waals surface area (Å²) in [5.41, 5.74) is -0.702. The number of aliphatic carboxylic acids is 1.